The van der Waals surface area contributed by atoms with Gasteiger partial charge < -0.3 is 20.7 Å². The average molecular weight is 420 g/mol. The lowest BCUT2D eigenvalue weighted by atomic mass is 9.84. The van der Waals surface area contributed by atoms with E-state index in [4.69, 9.17) is 15.5 Å². The predicted molar refractivity (Wildman–Crippen MR) is 118 cm³/mol. The van der Waals surface area contributed by atoms with Crippen LogP contribution in [0.15, 0.2) is 29.4 Å². The molecule has 1 saturated carbocycles. The molecule has 0 bridgehead atoms. The van der Waals surface area contributed by atoms with E-state index in [1.165, 1.54) is 6.92 Å². The number of amides is 1. The molecule has 0 aromatic heterocycles. The largest absolute Gasteiger partial charge is 0.376 e. The topological polar surface area (TPSA) is 104 Å². The van der Waals surface area contributed by atoms with E-state index in [1.807, 2.05) is 13.0 Å². The van der Waals surface area contributed by atoms with Crippen LogP contribution in [0.25, 0.3) is 0 Å². The first-order valence-corrected chi connectivity index (χ1v) is 11.2. The number of carbonyl (C=O) groups excluding carboxylic acids is 1. The molecule has 1 aliphatic carbocycles. The third-order valence-electron chi connectivity index (χ3n) is 5.07. The van der Waals surface area contributed by atoms with Gasteiger partial charge >= 0.3 is 0 Å². The highest BCUT2D eigenvalue weighted by molar-refractivity contribution is 8.13. The Morgan fingerprint density at radius 2 is 2.31 bits per heavy atom. The molecule has 2 fully saturated rings. The number of thioether (sulfide) groups is 1. The summed E-state index contributed by atoms with van der Waals surface area (Å²) >= 11 is 1.74. The van der Waals surface area contributed by atoms with Crippen LogP contribution in [0.3, 0.4) is 0 Å². The molecule has 1 aliphatic heterocycles. The van der Waals surface area contributed by atoms with Crippen molar-refractivity contribution in [3.63, 3.8) is 0 Å². The zero-order valence-electron chi connectivity index (χ0n) is 17.5. The number of likely N-dealkylation sites (tertiary alicyclic amines) is 1. The maximum Gasteiger partial charge on any atom is 0.217 e. The molecule has 8 heteroatoms. The molecule has 1 unspecified atom stereocenters. The van der Waals surface area contributed by atoms with Crippen LogP contribution < -0.4 is 11.1 Å². The Hall–Kier alpha value is -1.82. The Labute approximate surface area is 178 Å². The molecule has 0 aromatic rings. The van der Waals surface area contributed by atoms with Crippen molar-refractivity contribution in [1.29, 1.82) is 5.26 Å². The minimum atomic E-state index is -0.0290. The van der Waals surface area contributed by atoms with Crippen molar-refractivity contribution >= 4 is 22.8 Å². The summed E-state index contributed by atoms with van der Waals surface area (Å²) in [7, 11) is 0. The van der Waals surface area contributed by atoms with E-state index < -0.39 is 0 Å². The quantitative estimate of drug-likeness (QED) is 0.338. The molecule has 29 heavy (non-hydrogen) atoms. The number of nitrogens with zero attached hydrogens (tertiary/aromatic N) is 3. The summed E-state index contributed by atoms with van der Waals surface area (Å²) in [6.45, 7) is 9.69. The van der Waals surface area contributed by atoms with Crippen molar-refractivity contribution in [2.75, 3.05) is 32.0 Å². The number of nitrogens with one attached hydrogen (secondary N) is 1. The van der Waals surface area contributed by atoms with Crippen LogP contribution in [0.4, 0.5) is 0 Å². The van der Waals surface area contributed by atoms with Gasteiger partial charge in [-0.1, -0.05) is 24.4 Å². The third kappa shape index (κ3) is 7.84. The van der Waals surface area contributed by atoms with Crippen molar-refractivity contribution in [2.24, 2.45) is 22.6 Å². The van der Waals surface area contributed by atoms with E-state index in [9.17, 15) is 10.1 Å². The Balaban J connectivity index is 1.82. The summed E-state index contributed by atoms with van der Waals surface area (Å²) in [5.41, 5.74) is 6.61. The van der Waals surface area contributed by atoms with E-state index in [0.29, 0.717) is 19.1 Å². The van der Waals surface area contributed by atoms with Crippen molar-refractivity contribution < 1.29 is 9.53 Å². The molecule has 1 amide bonds. The predicted octanol–water partition coefficient (Wildman–Crippen LogP) is 2.27. The van der Waals surface area contributed by atoms with Crippen LogP contribution in [-0.2, 0) is 9.53 Å². The molecule has 2 rings (SSSR count). The highest BCUT2D eigenvalue weighted by Gasteiger charge is 2.32. The van der Waals surface area contributed by atoms with Crippen LogP contribution >= 0.6 is 11.8 Å². The van der Waals surface area contributed by atoms with Gasteiger partial charge in [0.1, 0.15) is 0 Å². The molecule has 7 nitrogen and oxygen atoms in total. The second-order valence-corrected chi connectivity index (χ2v) is 8.75. The van der Waals surface area contributed by atoms with Gasteiger partial charge in [0, 0.05) is 38.4 Å². The van der Waals surface area contributed by atoms with E-state index in [0.717, 1.165) is 49.0 Å². The molecule has 2 aliphatic rings. The first-order chi connectivity index (χ1) is 13.9. The second-order valence-electron chi connectivity index (χ2n) is 7.76. The van der Waals surface area contributed by atoms with Gasteiger partial charge in [0.2, 0.25) is 5.91 Å². The molecular formula is C21H33N5O2S. The summed E-state index contributed by atoms with van der Waals surface area (Å²) in [6, 6.07) is 2.40. The van der Waals surface area contributed by atoms with Crippen molar-refractivity contribution in [3.8, 4) is 6.07 Å². The summed E-state index contributed by atoms with van der Waals surface area (Å²) in [6.07, 6.45) is 6.74. The third-order valence-corrected chi connectivity index (χ3v) is 6.32. The molecule has 2 atom stereocenters. The molecule has 1 saturated heterocycles. The summed E-state index contributed by atoms with van der Waals surface area (Å²) < 4.78 is 5.88. The Morgan fingerprint density at radius 1 is 1.55 bits per heavy atom. The SMILES string of the molecule is C=C/C=C(CN)/N=C(\SC[C@H]1C[C@H](OC[C@H](C)NC(C)=O)C1)N1CCC(C#N)C1. The van der Waals surface area contributed by atoms with Crippen molar-refractivity contribution in [3.05, 3.63) is 24.4 Å². The number of hydrogen-bond donors (Lipinski definition) is 2. The van der Waals surface area contributed by atoms with Crippen LogP contribution in [0.2, 0.25) is 0 Å². The van der Waals surface area contributed by atoms with Gasteiger partial charge in [0.15, 0.2) is 5.17 Å². The lowest BCUT2D eigenvalue weighted by Crippen LogP contribution is -2.39. The summed E-state index contributed by atoms with van der Waals surface area (Å²) in [5.74, 6) is 1.60. The number of nitriles is 1. The normalized spacial score (nSPS) is 25.9. The van der Waals surface area contributed by atoms with Gasteiger partial charge in [0.25, 0.3) is 0 Å². The van der Waals surface area contributed by atoms with E-state index >= 15 is 0 Å². The van der Waals surface area contributed by atoms with Gasteiger partial charge in [-0.2, -0.15) is 5.26 Å². The van der Waals surface area contributed by atoms with E-state index in [2.05, 4.69) is 22.9 Å². The van der Waals surface area contributed by atoms with Crippen LogP contribution in [0.5, 0.6) is 0 Å². The standard InChI is InChI=1S/C21H33N5O2S/c1-4-5-19(11-23)25-21(26-7-6-17(10-22)12-26)29-14-18-8-20(9-18)28-13-15(2)24-16(3)27/h4-5,15,17-18,20H,1,6-9,11-14,23H2,2-3H3,(H,24,27)/b19-5+,25-21-/t15-,17?,18-,20-/m0/s1. The molecular weight excluding hydrogens is 386 g/mol. The van der Waals surface area contributed by atoms with E-state index in [1.54, 1.807) is 17.8 Å². The first-order valence-electron chi connectivity index (χ1n) is 10.2. The average Bonchev–Trinajstić information content (AvgIpc) is 3.13. The second kappa shape index (κ2) is 12.0. The van der Waals surface area contributed by atoms with E-state index in [-0.39, 0.29) is 24.0 Å². The fraction of sp³-hybridized carbons (Fsp3) is 0.667. The zero-order valence-corrected chi connectivity index (χ0v) is 18.3. The van der Waals surface area contributed by atoms with Crippen LogP contribution in [-0.4, -0.2) is 60.1 Å². The molecule has 1 heterocycles. The smallest absolute Gasteiger partial charge is 0.217 e. The number of allylic oxidation sites excluding steroid dienone is 2. The summed E-state index contributed by atoms with van der Waals surface area (Å²) in [5, 5.41) is 13.0. The number of amidine groups is 1. The monoisotopic (exact) mass is 419 g/mol. The molecule has 0 spiro atoms. The fourth-order valence-electron chi connectivity index (χ4n) is 3.45. The number of hydrogen-bond acceptors (Lipinski definition) is 6. The summed E-state index contributed by atoms with van der Waals surface area (Å²) in [4.78, 5) is 18.0. The van der Waals surface area contributed by atoms with Gasteiger partial charge in [-0.05, 0) is 38.2 Å². The highest BCUT2D eigenvalue weighted by atomic mass is 32.2. The number of aliphatic imine (C=N–C) groups is 1. The van der Waals surface area contributed by atoms with Gasteiger partial charge in [0.05, 0.1) is 30.4 Å². The Kier molecular flexibility index (Phi) is 9.71. The zero-order chi connectivity index (χ0) is 21.2. The number of carbonyl (C=O) groups is 1. The highest BCUT2D eigenvalue weighted by Crippen LogP contribution is 2.34. The lowest BCUT2D eigenvalue weighted by Gasteiger charge is -2.36. The number of ether oxygens (including phenoxy) is 1. The lowest BCUT2D eigenvalue weighted by molar-refractivity contribution is -0.120. The van der Waals surface area contributed by atoms with Crippen molar-refractivity contribution in [1.82, 2.24) is 10.2 Å². The molecule has 160 valence electrons. The number of rotatable bonds is 9. The van der Waals surface area contributed by atoms with Gasteiger partial charge in [-0.3, -0.25) is 4.79 Å². The molecule has 3 N–H and O–H groups in total. The molecule has 0 radical (unpaired) electrons. The maximum absolute atomic E-state index is 11.1. The minimum Gasteiger partial charge on any atom is -0.376 e. The first kappa shape index (κ1) is 23.5. The molecule has 0 aromatic carbocycles. The maximum atomic E-state index is 11.1. The van der Waals surface area contributed by atoms with Crippen LogP contribution in [0, 0.1) is 23.2 Å². The van der Waals surface area contributed by atoms with Gasteiger partial charge in [-0.15, -0.1) is 0 Å². The minimum absolute atomic E-state index is 0.0290. The van der Waals surface area contributed by atoms with Crippen LogP contribution in [0.1, 0.15) is 33.1 Å². The van der Waals surface area contributed by atoms with Crippen molar-refractivity contribution in [2.45, 2.75) is 45.3 Å². The van der Waals surface area contributed by atoms with Gasteiger partial charge in [-0.25, -0.2) is 4.99 Å². The number of nitrogens with two attached hydrogens (primary N) is 1. The Morgan fingerprint density at radius 3 is 2.90 bits per heavy atom. The fourth-order valence-corrected chi connectivity index (χ4v) is 4.64. The Bertz CT molecular complexity index is 666.